The van der Waals surface area contributed by atoms with Gasteiger partial charge in [0.1, 0.15) is 23.2 Å². The van der Waals surface area contributed by atoms with Crippen LogP contribution in [-0.2, 0) is 13.6 Å². The molecule has 20 heavy (non-hydrogen) atoms. The number of aromatic nitrogens is 2. The molecule has 0 aliphatic carbocycles. The molecule has 0 aliphatic heterocycles. The van der Waals surface area contributed by atoms with Crippen molar-refractivity contribution in [3.63, 3.8) is 0 Å². The van der Waals surface area contributed by atoms with Crippen LogP contribution >= 0.6 is 0 Å². The van der Waals surface area contributed by atoms with Gasteiger partial charge in [-0.2, -0.15) is 10.4 Å². The number of hydrogen-bond acceptors (Lipinski definition) is 4. The van der Waals surface area contributed by atoms with Crippen molar-refractivity contribution in [3.8, 4) is 11.8 Å². The first-order valence-corrected chi connectivity index (χ1v) is 6.34. The maximum Gasteiger partial charge on any atom is 0.145 e. The van der Waals surface area contributed by atoms with Gasteiger partial charge in [0.05, 0.1) is 12.8 Å². The smallest absolute Gasteiger partial charge is 0.145 e. The van der Waals surface area contributed by atoms with Crippen LogP contribution in [0.5, 0.6) is 5.75 Å². The zero-order valence-corrected chi connectivity index (χ0v) is 12.2. The molecule has 5 heteroatoms. The van der Waals surface area contributed by atoms with Crippen LogP contribution in [0, 0.1) is 18.3 Å². The topological polar surface area (TPSA) is 54.1 Å². The molecule has 2 aromatic rings. The molecule has 0 fully saturated rings. The number of aryl methyl sites for hydroxylation is 2. The molecular formula is C15H18N4O. The molecule has 0 saturated carbocycles. The van der Waals surface area contributed by atoms with E-state index in [0.29, 0.717) is 12.1 Å². The summed E-state index contributed by atoms with van der Waals surface area (Å²) in [6.07, 6.45) is 0. The predicted octanol–water partition coefficient (Wildman–Crippen LogP) is 2.25. The van der Waals surface area contributed by atoms with Gasteiger partial charge in [-0.15, -0.1) is 0 Å². The van der Waals surface area contributed by atoms with Crippen LogP contribution < -0.4 is 9.64 Å². The molecule has 0 bridgehead atoms. The van der Waals surface area contributed by atoms with E-state index < -0.39 is 0 Å². The molecule has 2 rings (SSSR count). The molecule has 0 spiro atoms. The zero-order valence-electron chi connectivity index (χ0n) is 12.2. The van der Waals surface area contributed by atoms with Gasteiger partial charge in [0.25, 0.3) is 0 Å². The molecule has 0 aliphatic rings. The fraction of sp³-hybridized carbons (Fsp3) is 0.333. The minimum Gasteiger partial charge on any atom is -0.497 e. The van der Waals surface area contributed by atoms with Gasteiger partial charge in [0.2, 0.25) is 0 Å². The van der Waals surface area contributed by atoms with Crippen molar-refractivity contribution in [3.05, 3.63) is 41.1 Å². The van der Waals surface area contributed by atoms with Crippen molar-refractivity contribution < 1.29 is 4.74 Å². The molecule has 1 aromatic carbocycles. The number of ether oxygens (including phenoxy) is 1. The number of rotatable bonds is 4. The highest BCUT2D eigenvalue weighted by Crippen LogP contribution is 2.23. The maximum atomic E-state index is 9.26. The standard InChI is InChI=1S/C15H18N4O/c1-11-14(9-16)15(19(3)17-11)18(2)10-12-6-5-7-13(8-12)20-4/h5-8H,10H2,1-4H3. The first-order valence-electron chi connectivity index (χ1n) is 6.34. The molecular weight excluding hydrogens is 252 g/mol. The van der Waals surface area contributed by atoms with E-state index in [4.69, 9.17) is 4.74 Å². The Labute approximate surface area is 119 Å². The van der Waals surface area contributed by atoms with E-state index in [9.17, 15) is 5.26 Å². The normalized spacial score (nSPS) is 10.2. The van der Waals surface area contributed by atoms with E-state index >= 15 is 0 Å². The number of nitriles is 1. The van der Waals surface area contributed by atoms with Crippen molar-refractivity contribution >= 4 is 5.82 Å². The lowest BCUT2D eigenvalue weighted by atomic mass is 10.2. The summed E-state index contributed by atoms with van der Waals surface area (Å²) < 4.78 is 6.97. The third-order valence-electron chi connectivity index (χ3n) is 3.22. The Bertz CT molecular complexity index is 654. The fourth-order valence-electron chi connectivity index (χ4n) is 2.33. The van der Waals surface area contributed by atoms with Crippen LogP contribution in [0.15, 0.2) is 24.3 Å². The Kier molecular flexibility index (Phi) is 3.94. The summed E-state index contributed by atoms with van der Waals surface area (Å²) in [6, 6.07) is 10.1. The average molecular weight is 270 g/mol. The monoisotopic (exact) mass is 270 g/mol. The van der Waals surface area contributed by atoms with E-state index in [1.165, 1.54) is 0 Å². The molecule has 104 valence electrons. The summed E-state index contributed by atoms with van der Waals surface area (Å²) in [7, 11) is 5.46. The van der Waals surface area contributed by atoms with E-state index in [0.717, 1.165) is 22.8 Å². The highest BCUT2D eigenvalue weighted by atomic mass is 16.5. The summed E-state index contributed by atoms with van der Waals surface area (Å²) in [5.74, 6) is 1.66. The number of anilines is 1. The van der Waals surface area contributed by atoms with Crippen molar-refractivity contribution in [2.45, 2.75) is 13.5 Å². The second-order valence-electron chi connectivity index (χ2n) is 4.73. The number of methoxy groups -OCH3 is 1. The largest absolute Gasteiger partial charge is 0.497 e. The summed E-state index contributed by atoms with van der Waals surface area (Å²) in [4.78, 5) is 2.02. The van der Waals surface area contributed by atoms with Gasteiger partial charge in [0.15, 0.2) is 0 Å². The molecule has 0 amide bonds. The van der Waals surface area contributed by atoms with Gasteiger partial charge >= 0.3 is 0 Å². The van der Waals surface area contributed by atoms with Gasteiger partial charge < -0.3 is 9.64 Å². The minimum atomic E-state index is 0.623. The van der Waals surface area contributed by atoms with E-state index in [-0.39, 0.29) is 0 Å². The lowest BCUT2D eigenvalue weighted by Crippen LogP contribution is -2.20. The molecule has 5 nitrogen and oxygen atoms in total. The molecule has 0 N–H and O–H groups in total. The highest BCUT2D eigenvalue weighted by Gasteiger charge is 2.16. The Morgan fingerprint density at radius 3 is 2.85 bits per heavy atom. The van der Waals surface area contributed by atoms with Gasteiger partial charge in [-0.05, 0) is 24.6 Å². The van der Waals surface area contributed by atoms with E-state index in [1.807, 2.05) is 50.2 Å². The van der Waals surface area contributed by atoms with Crippen molar-refractivity contribution in [1.82, 2.24) is 9.78 Å². The minimum absolute atomic E-state index is 0.623. The Hall–Kier alpha value is -2.48. The van der Waals surface area contributed by atoms with E-state index in [2.05, 4.69) is 11.2 Å². The van der Waals surface area contributed by atoms with Crippen LogP contribution in [0.4, 0.5) is 5.82 Å². The lowest BCUT2D eigenvalue weighted by Gasteiger charge is -2.20. The van der Waals surface area contributed by atoms with Crippen molar-refractivity contribution in [1.29, 1.82) is 5.26 Å². The van der Waals surface area contributed by atoms with Crippen LogP contribution in [0.2, 0.25) is 0 Å². The molecule has 0 saturated heterocycles. The van der Waals surface area contributed by atoms with Crippen LogP contribution in [0.1, 0.15) is 16.8 Å². The predicted molar refractivity (Wildman–Crippen MR) is 77.8 cm³/mol. The first kappa shape index (κ1) is 13.9. The third kappa shape index (κ3) is 2.59. The van der Waals surface area contributed by atoms with Crippen LogP contribution in [0.3, 0.4) is 0 Å². The first-order chi connectivity index (χ1) is 9.56. The van der Waals surface area contributed by atoms with Gasteiger partial charge in [-0.3, -0.25) is 4.68 Å². The second-order valence-corrected chi connectivity index (χ2v) is 4.73. The maximum absolute atomic E-state index is 9.26. The summed E-state index contributed by atoms with van der Waals surface area (Å²) in [6.45, 7) is 2.53. The lowest BCUT2D eigenvalue weighted by molar-refractivity contribution is 0.414. The fourth-order valence-corrected chi connectivity index (χ4v) is 2.33. The summed E-state index contributed by atoms with van der Waals surface area (Å²) >= 11 is 0. The van der Waals surface area contributed by atoms with E-state index in [1.54, 1.807) is 11.8 Å². The third-order valence-corrected chi connectivity index (χ3v) is 3.22. The molecule has 1 aromatic heterocycles. The second kappa shape index (κ2) is 5.66. The molecule has 0 unspecified atom stereocenters. The van der Waals surface area contributed by atoms with Crippen molar-refractivity contribution in [2.24, 2.45) is 7.05 Å². The summed E-state index contributed by atoms with van der Waals surface area (Å²) in [5.41, 5.74) is 2.50. The average Bonchev–Trinajstić information content (AvgIpc) is 2.72. The van der Waals surface area contributed by atoms with Gasteiger partial charge in [-0.25, -0.2) is 0 Å². The number of nitrogens with zero attached hydrogens (tertiary/aromatic N) is 4. The van der Waals surface area contributed by atoms with Crippen LogP contribution in [-0.4, -0.2) is 23.9 Å². The Morgan fingerprint density at radius 1 is 1.45 bits per heavy atom. The molecule has 0 radical (unpaired) electrons. The molecule has 1 heterocycles. The summed E-state index contributed by atoms with van der Waals surface area (Å²) in [5, 5.41) is 13.6. The highest BCUT2D eigenvalue weighted by molar-refractivity contribution is 5.56. The van der Waals surface area contributed by atoms with Crippen molar-refractivity contribution in [2.75, 3.05) is 19.1 Å². The zero-order chi connectivity index (χ0) is 14.7. The SMILES string of the molecule is COc1cccc(CN(C)c2c(C#N)c(C)nn2C)c1. The quantitative estimate of drug-likeness (QED) is 0.855. The number of benzene rings is 1. The molecule has 0 atom stereocenters. The Balaban J connectivity index is 2.28. The Morgan fingerprint density at radius 2 is 2.20 bits per heavy atom. The number of hydrogen-bond donors (Lipinski definition) is 0. The van der Waals surface area contributed by atoms with Gasteiger partial charge in [0, 0.05) is 20.6 Å². The van der Waals surface area contributed by atoms with Crippen LogP contribution in [0.25, 0.3) is 0 Å². The van der Waals surface area contributed by atoms with Gasteiger partial charge in [-0.1, -0.05) is 12.1 Å².